The molecule has 0 aliphatic heterocycles. The van der Waals surface area contributed by atoms with E-state index in [1.165, 1.54) is 41.2 Å². The highest BCUT2D eigenvalue weighted by molar-refractivity contribution is 5.89. The summed E-state index contributed by atoms with van der Waals surface area (Å²) in [6, 6.07) is 11.7. The van der Waals surface area contributed by atoms with Crippen LogP contribution >= 0.6 is 0 Å². The van der Waals surface area contributed by atoms with Crippen molar-refractivity contribution in [1.29, 1.82) is 0 Å². The van der Waals surface area contributed by atoms with Crippen LogP contribution in [0, 0.1) is 0 Å². The Hall–Kier alpha value is -3.29. The molecule has 8 heteroatoms. The lowest BCUT2D eigenvalue weighted by molar-refractivity contribution is -0.274. The molecule has 5 nitrogen and oxygen atoms in total. The van der Waals surface area contributed by atoms with Crippen LogP contribution in [0.25, 0.3) is 16.8 Å². The summed E-state index contributed by atoms with van der Waals surface area (Å²) >= 11 is 0. The monoisotopic (exact) mass is 348 g/mol. The number of hydrogen-bond acceptors (Lipinski definition) is 3. The van der Waals surface area contributed by atoms with E-state index in [0.29, 0.717) is 16.8 Å². The standard InChI is InChI=1S/C17H11F3N2O3/c18-17(19,20)25-15-6-2-5-14(8-15)22-10-13(9-21-22)11-3-1-4-12(7-11)16(23)24/h1-10H,(H,23,24). The van der Waals surface area contributed by atoms with Crippen molar-refractivity contribution in [3.63, 3.8) is 0 Å². The van der Waals surface area contributed by atoms with E-state index in [9.17, 15) is 18.0 Å². The summed E-state index contributed by atoms with van der Waals surface area (Å²) in [5, 5.41) is 13.1. The summed E-state index contributed by atoms with van der Waals surface area (Å²) in [6.45, 7) is 0. The molecule has 25 heavy (non-hydrogen) atoms. The molecule has 0 bridgehead atoms. The third-order valence-corrected chi connectivity index (χ3v) is 3.34. The normalized spacial score (nSPS) is 11.3. The molecule has 0 radical (unpaired) electrons. The van der Waals surface area contributed by atoms with Crippen molar-refractivity contribution in [1.82, 2.24) is 9.78 Å². The third-order valence-electron chi connectivity index (χ3n) is 3.34. The SMILES string of the molecule is O=C(O)c1cccc(-c2cnn(-c3cccc(OC(F)(F)F)c3)c2)c1. The summed E-state index contributed by atoms with van der Waals surface area (Å²) in [5.41, 5.74) is 1.77. The average molecular weight is 348 g/mol. The van der Waals surface area contributed by atoms with Crippen LogP contribution in [0.5, 0.6) is 5.75 Å². The Labute approximate surface area is 139 Å². The summed E-state index contributed by atoms with van der Waals surface area (Å²) in [4.78, 5) is 11.0. The number of hydrogen-bond donors (Lipinski definition) is 1. The van der Waals surface area contributed by atoms with Gasteiger partial charge < -0.3 is 9.84 Å². The maximum Gasteiger partial charge on any atom is 0.573 e. The highest BCUT2D eigenvalue weighted by Gasteiger charge is 2.31. The van der Waals surface area contributed by atoms with E-state index in [1.54, 1.807) is 24.4 Å². The zero-order valence-electron chi connectivity index (χ0n) is 12.6. The van der Waals surface area contributed by atoms with Gasteiger partial charge in [0, 0.05) is 17.8 Å². The van der Waals surface area contributed by atoms with E-state index in [2.05, 4.69) is 9.84 Å². The lowest BCUT2D eigenvalue weighted by Crippen LogP contribution is -2.17. The molecular weight excluding hydrogens is 337 g/mol. The summed E-state index contributed by atoms with van der Waals surface area (Å²) in [5.74, 6) is -1.40. The lowest BCUT2D eigenvalue weighted by Gasteiger charge is -2.10. The number of benzene rings is 2. The van der Waals surface area contributed by atoms with Gasteiger partial charge in [-0.3, -0.25) is 0 Å². The topological polar surface area (TPSA) is 64.3 Å². The summed E-state index contributed by atoms with van der Waals surface area (Å²) in [6.07, 6.45) is -1.68. The van der Waals surface area contributed by atoms with Crippen LogP contribution in [0.4, 0.5) is 13.2 Å². The first-order valence-corrected chi connectivity index (χ1v) is 7.06. The maximum absolute atomic E-state index is 12.3. The first-order chi connectivity index (χ1) is 11.8. The number of nitrogens with zero attached hydrogens (tertiary/aromatic N) is 2. The molecule has 0 unspecified atom stereocenters. The molecular formula is C17H11F3N2O3. The Morgan fingerprint density at radius 1 is 1.08 bits per heavy atom. The number of rotatable bonds is 4. The van der Waals surface area contributed by atoms with Gasteiger partial charge in [-0.1, -0.05) is 18.2 Å². The van der Waals surface area contributed by atoms with Gasteiger partial charge in [-0.15, -0.1) is 13.2 Å². The molecule has 3 rings (SSSR count). The smallest absolute Gasteiger partial charge is 0.478 e. The van der Waals surface area contributed by atoms with Gasteiger partial charge >= 0.3 is 12.3 Å². The average Bonchev–Trinajstić information content (AvgIpc) is 3.03. The highest BCUT2D eigenvalue weighted by atomic mass is 19.4. The molecule has 1 aromatic heterocycles. The quantitative estimate of drug-likeness (QED) is 0.770. The van der Waals surface area contributed by atoms with E-state index < -0.39 is 12.3 Å². The minimum absolute atomic E-state index is 0.130. The van der Waals surface area contributed by atoms with Gasteiger partial charge in [0.2, 0.25) is 0 Å². The van der Waals surface area contributed by atoms with Crippen molar-refractivity contribution in [3.8, 4) is 22.6 Å². The number of aromatic nitrogens is 2. The van der Waals surface area contributed by atoms with E-state index in [4.69, 9.17) is 5.11 Å². The first-order valence-electron chi connectivity index (χ1n) is 7.06. The van der Waals surface area contributed by atoms with Crippen molar-refractivity contribution < 1.29 is 27.8 Å². The van der Waals surface area contributed by atoms with Gasteiger partial charge in [0.1, 0.15) is 5.75 Å². The molecule has 0 aliphatic rings. The number of carboxylic acid groups (broad SMARTS) is 1. The Morgan fingerprint density at radius 2 is 1.84 bits per heavy atom. The number of alkyl halides is 3. The number of aromatic carboxylic acids is 1. The zero-order valence-corrected chi connectivity index (χ0v) is 12.6. The van der Waals surface area contributed by atoms with Crippen molar-refractivity contribution in [2.45, 2.75) is 6.36 Å². The molecule has 0 fully saturated rings. The van der Waals surface area contributed by atoms with Crippen molar-refractivity contribution >= 4 is 5.97 Å². The summed E-state index contributed by atoms with van der Waals surface area (Å²) in [7, 11) is 0. The van der Waals surface area contributed by atoms with Crippen molar-refractivity contribution in [2.75, 3.05) is 0 Å². The van der Waals surface area contributed by atoms with E-state index in [0.717, 1.165) is 0 Å². The molecule has 0 saturated carbocycles. The molecule has 3 aromatic rings. The second kappa shape index (κ2) is 6.31. The zero-order chi connectivity index (χ0) is 18.0. The minimum Gasteiger partial charge on any atom is -0.478 e. The fourth-order valence-corrected chi connectivity index (χ4v) is 2.27. The molecule has 2 aromatic carbocycles. The molecule has 0 atom stereocenters. The molecule has 0 amide bonds. The largest absolute Gasteiger partial charge is 0.573 e. The molecule has 128 valence electrons. The van der Waals surface area contributed by atoms with E-state index in [1.807, 2.05) is 0 Å². The van der Waals surface area contributed by atoms with E-state index >= 15 is 0 Å². The number of carboxylic acids is 1. The van der Waals surface area contributed by atoms with Gasteiger partial charge in [0.15, 0.2) is 0 Å². The fraction of sp³-hybridized carbons (Fsp3) is 0.0588. The van der Waals surface area contributed by atoms with Crippen LogP contribution in [0.3, 0.4) is 0 Å². The summed E-state index contributed by atoms with van der Waals surface area (Å²) < 4.78 is 42.2. The minimum atomic E-state index is -4.77. The predicted octanol–water partition coefficient (Wildman–Crippen LogP) is 4.14. The Bertz CT molecular complexity index is 919. The van der Waals surface area contributed by atoms with Gasteiger partial charge in [-0.25, -0.2) is 9.48 Å². The van der Waals surface area contributed by atoms with Gasteiger partial charge in [0.05, 0.1) is 17.4 Å². The van der Waals surface area contributed by atoms with Crippen LogP contribution in [-0.4, -0.2) is 27.2 Å². The van der Waals surface area contributed by atoms with E-state index in [-0.39, 0.29) is 11.3 Å². The number of ether oxygens (including phenoxy) is 1. The second-order valence-electron chi connectivity index (χ2n) is 5.10. The maximum atomic E-state index is 12.3. The number of halogens is 3. The Kier molecular flexibility index (Phi) is 4.18. The first kappa shape index (κ1) is 16.6. The third kappa shape index (κ3) is 3.97. The van der Waals surface area contributed by atoms with Crippen LogP contribution in [0.2, 0.25) is 0 Å². The van der Waals surface area contributed by atoms with Crippen LogP contribution < -0.4 is 4.74 Å². The van der Waals surface area contributed by atoms with Crippen molar-refractivity contribution in [2.24, 2.45) is 0 Å². The van der Waals surface area contributed by atoms with Gasteiger partial charge in [0.25, 0.3) is 0 Å². The molecule has 1 N–H and O–H groups in total. The molecule has 0 spiro atoms. The van der Waals surface area contributed by atoms with Gasteiger partial charge in [-0.05, 0) is 29.8 Å². The van der Waals surface area contributed by atoms with Crippen LogP contribution in [0.1, 0.15) is 10.4 Å². The molecule has 0 saturated heterocycles. The lowest BCUT2D eigenvalue weighted by atomic mass is 10.1. The van der Waals surface area contributed by atoms with Crippen molar-refractivity contribution in [3.05, 3.63) is 66.5 Å². The van der Waals surface area contributed by atoms with Gasteiger partial charge in [-0.2, -0.15) is 5.10 Å². The highest BCUT2D eigenvalue weighted by Crippen LogP contribution is 2.26. The van der Waals surface area contributed by atoms with Crippen LogP contribution in [-0.2, 0) is 0 Å². The second-order valence-corrected chi connectivity index (χ2v) is 5.10. The number of carbonyl (C=O) groups is 1. The molecule has 0 aliphatic carbocycles. The molecule has 1 heterocycles. The van der Waals surface area contributed by atoms with Crippen LogP contribution in [0.15, 0.2) is 60.9 Å². The Balaban J connectivity index is 1.90. The Morgan fingerprint density at radius 3 is 2.56 bits per heavy atom. The fourth-order valence-electron chi connectivity index (χ4n) is 2.27. The predicted molar refractivity (Wildman–Crippen MR) is 82.6 cm³/mol.